The summed E-state index contributed by atoms with van der Waals surface area (Å²) in [5.74, 6) is 0.942. The predicted octanol–water partition coefficient (Wildman–Crippen LogP) is 4.05. The average Bonchev–Trinajstić information content (AvgIpc) is 2.95. The van der Waals surface area contributed by atoms with Gasteiger partial charge in [0.15, 0.2) is 0 Å². The Balaban J connectivity index is 1.35. The normalized spacial score (nSPS) is 20.7. The number of benzene rings is 2. The number of rotatable bonds is 8. The van der Waals surface area contributed by atoms with Crippen LogP contribution >= 0.6 is 0 Å². The Kier molecular flexibility index (Phi) is 6.11. The van der Waals surface area contributed by atoms with Crippen molar-refractivity contribution in [1.29, 1.82) is 0 Å². The van der Waals surface area contributed by atoms with Gasteiger partial charge in [0.05, 0.1) is 12.2 Å². The summed E-state index contributed by atoms with van der Waals surface area (Å²) in [6.07, 6.45) is 4.19. The van der Waals surface area contributed by atoms with E-state index in [-0.39, 0.29) is 0 Å². The molecule has 1 aliphatic rings. The molecule has 25 heavy (non-hydrogen) atoms. The fourth-order valence-electron chi connectivity index (χ4n) is 3.39. The maximum atomic E-state index is 10.0. The number of β-amino-alcohol motifs (C(OH)–C–C–N with tert-alkyl or cyclic N) is 1. The minimum absolute atomic E-state index is 0.525. The minimum atomic E-state index is -0.525. The molecular weight excluding hydrogens is 310 g/mol. The molecule has 0 spiro atoms. The van der Waals surface area contributed by atoms with Crippen LogP contribution in [0.3, 0.4) is 0 Å². The fourth-order valence-corrected chi connectivity index (χ4v) is 3.39. The topological polar surface area (TPSA) is 32.7 Å². The first-order chi connectivity index (χ1) is 12.1. The Morgan fingerprint density at radius 1 is 1.00 bits per heavy atom. The molecule has 1 saturated heterocycles. The summed E-state index contributed by atoms with van der Waals surface area (Å²) in [5.41, 5.74) is 2.14. The summed E-state index contributed by atoms with van der Waals surface area (Å²) in [5, 5.41) is 10.0. The van der Waals surface area contributed by atoms with Gasteiger partial charge in [0, 0.05) is 19.6 Å². The predicted molar refractivity (Wildman–Crippen MR) is 102 cm³/mol. The van der Waals surface area contributed by atoms with Crippen LogP contribution in [-0.4, -0.2) is 35.3 Å². The molecule has 3 rings (SSSR count). The Morgan fingerprint density at radius 3 is 2.44 bits per heavy atom. The quantitative estimate of drug-likeness (QED) is 0.737. The first kappa shape index (κ1) is 18.0. The molecule has 1 atom stereocenters. The molecule has 3 nitrogen and oxygen atoms in total. The lowest BCUT2D eigenvalue weighted by atomic mass is 10.1. The van der Waals surface area contributed by atoms with E-state index in [1.807, 2.05) is 6.92 Å². The van der Waals surface area contributed by atoms with Gasteiger partial charge in [0.1, 0.15) is 5.75 Å². The van der Waals surface area contributed by atoms with Crippen LogP contribution in [0.15, 0.2) is 54.6 Å². The van der Waals surface area contributed by atoms with E-state index in [4.69, 9.17) is 4.74 Å². The monoisotopic (exact) mass is 339 g/mol. The van der Waals surface area contributed by atoms with Crippen molar-refractivity contribution in [3.05, 3.63) is 65.7 Å². The van der Waals surface area contributed by atoms with E-state index >= 15 is 0 Å². The molecule has 1 aliphatic heterocycles. The molecule has 134 valence electrons. The van der Waals surface area contributed by atoms with Crippen molar-refractivity contribution in [1.82, 2.24) is 4.90 Å². The third-order valence-electron chi connectivity index (χ3n) is 4.83. The maximum absolute atomic E-state index is 10.0. The summed E-state index contributed by atoms with van der Waals surface area (Å²) in [7, 11) is 0. The molecule has 1 heterocycles. The Hall–Kier alpha value is -1.84. The smallest absolute Gasteiger partial charge is 0.119 e. The Labute approximate surface area is 151 Å². The molecule has 1 fully saturated rings. The van der Waals surface area contributed by atoms with Crippen LogP contribution in [-0.2, 0) is 13.0 Å². The summed E-state index contributed by atoms with van der Waals surface area (Å²) < 4.78 is 5.85. The van der Waals surface area contributed by atoms with Gasteiger partial charge in [0.25, 0.3) is 0 Å². The summed E-state index contributed by atoms with van der Waals surface area (Å²) in [6.45, 7) is 5.30. The number of ether oxygens (including phenoxy) is 1. The van der Waals surface area contributed by atoms with Gasteiger partial charge in [0.2, 0.25) is 0 Å². The first-order valence-electron chi connectivity index (χ1n) is 9.31. The molecule has 0 radical (unpaired) electrons. The third kappa shape index (κ3) is 5.87. The van der Waals surface area contributed by atoms with Crippen LogP contribution in [0.25, 0.3) is 0 Å². The second-order valence-corrected chi connectivity index (χ2v) is 7.39. The van der Waals surface area contributed by atoms with Crippen molar-refractivity contribution < 1.29 is 9.84 Å². The number of likely N-dealkylation sites (tertiary alicyclic amines) is 1. The van der Waals surface area contributed by atoms with Gasteiger partial charge < -0.3 is 9.84 Å². The summed E-state index contributed by atoms with van der Waals surface area (Å²) >= 11 is 0. The van der Waals surface area contributed by atoms with Gasteiger partial charge in [-0.1, -0.05) is 42.5 Å². The molecule has 1 unspecified atom stereocenters. The van der Waals surface area contributed by atoms with Gasteiger partial charge in [-0.3, -0.25) is 4.90 Å². The summed E-state index contributed by atoms with van der Waals surface area (Å²) in [6, 6.07) is 19.0. The SMILES string of the molecule is CC1(O)CCN(Cc2ccc(OCCCCc3ccccc3)cc2)C1. The van der Waals surface area contributed by atoms with E-state index in [1.165, 1.54) is 11.1 Å². The highest BCUT2D eigenvalue weighted by Gasteiger charge is 2.30. The van der Waals surface area contributed by atoms with E-state index in [9.17, 15) is 5.11 Å². The van der Waals surface area contributed by atoms with E-state index in [0.29, 0.717) is 0 Å². The minimum Gasteiger partial charge on any atom is -0.494 e. The lowest BCUT2D eigenvalue weighted by Crippen LogP contribution is -2.29. The van der Waals surface area contributed by atoms with Crippen LogP contribution in [0, 0.1) is 0 Å². The van der Waals surface area contributed by atoms with E-state index in [1.54, 1.807) is 0 Å². The van der Waals surface area contributed by atoms with Crippen molar-refractivity contribution in [2.75, 3.05) is 19.7 Å². The second-order valence-electron chi connectivity index (χ2n) is 7.39. The van der Waals surface area contributed by atoms with Gasteiger partial charge in [-0.15, -0.1) is 0 Å². The lowest BCUT2D eigenvalue weighted by Gasteiger charge is -2.18. The highest BCUT2D eigenvalue weighted by molar-refractivity contribution is 5.27. The molecule has 0 aliphatic carbocycles. The zero-order chi connectivity index (χ0) is 17.5. The molecular formula is C22H29NO2. The summed E-state index contributed by atoms with van der Waals surface area (Å²) in [4.78, 5) is 2.31. The van der Waals surface area contributed by atoms with E-state index in [2.05, 4.69) is 59.5 Å². The largest absolute Gasteiger partial charge is 0.494 e. The van der Waals surface area contributed by atoms with Crippen LogP contribution in [0.5, 0.6) is 5.75 Å². The lowest BCUT2D eigenvalue weighted by molar-refractivity contribution is 0.0679. The molecule has 0 bridgehead atoms. The zero-order valence-electron chi connectivity index (χ0n) is 15.2. The molecule has 2 aromatic rings. The van der Waals surface area contributed by atoms with Crippen molar-refractivity contribution in [3.63, 3.8) is 0 Å². The highest BCUT2D eigenvalue weighted by Crippen LogP contribution is 2.22. The first-order valence-corrected chi connectivity index (χ1v) is 9.31. The third-order valence-corrected chi connectivity index (χ3v) is 4.83. The Morgan fingerprint density at radius 2 is 1.76 bits per heavy atom. The van der Waals surface area contributed by atoms with Crippen molar-refractivity contribution in [2.24, 2.45) is 0 Å². The van der Waals surface area contributed by atoms with Crippen LogP contribution in [0.2, 0.25) is 0 Å². The number of hydrogen-bond donors (Lipinski definition) is 1. The van der Waals surface area contributed by atoms with Crippen LogP contribution in [0.4, 0.5) is 0 Å². The maximum Gasteiger partial charge on any atom is 0.119 e. The second kappa shape index (κ2) is 8.50. The van der Waals surface area contributed by atoms with Gasteiger partial charge in [-0.2, -0.15) is 0 Å². The van der Waals surface area contributed by atoms with Crippen molar-refractivity contribution >= 4 is 0 Å². The molecule has 0 amide bonds. The van der Waals surface area contributed by atoms with Gasteiger partial charge in [-0.25, -0.2) is 0 Å². The zero-order valence-corrected chi connectivity index (χ0v) is 15.2. The van der Waals surface area contributed by atoms with E-state index < -0.39 is 5.60 Å². The number of hydrogen-bond acceptors (Lipinski definition) is 3. The van der Waals surface area contributed by atoms with Crippen molar-refractivity contribution in [3.8, 4) is 5.75 Å². The molecule has 0 saturated carbocycles. The highest BCUT2D eigenvalue weighted by atomic mass is 16.5. The number of unbranched alkanes of at least 4 members (excludes halogenated alkanes) is 1. The fraction of sp³-hybridized carbons (Fsp3) is 0.455. The van der Waals surface area contributed by atoms with Crippen LogP contribution in [0.1, 0.15) is 37.3 Å². The molecule has 3 heteroatoms. The van der Waals surface area contributed by atoms with Crippen LogP contribution < -0.4 is 4.74 Å². The van der Waals surface area contributed by atoms with E-state index in [0.717, 1.165) is 57.7 Å². The van der Waals surface area contributed by atoms with Gasteiger partial charge in [-0.05, 0) is 55.9 Å². The number of aryl methyl sites for hydroxylation is 1. The van der Waals surface area contributed by atoms with Gasteiger partial charge >= 0.3 is 0 Å². The number of nitrogens with zero attached hydrogens (tertiary/aromatic N) is 1. The molecule has 0 aromatic heterocycles. The molecule has 1 N–H and O–H groups in total. The standard InChI is InChI=1S/C22H29NO2/c1-22(24)14-15-23(18-22)17-20-10-12-21(13-11-20)25-16-6-5-9-19-7-3-2-4-8-19/h2-4,7-8,10-13,24H,5-6,9,14-18H2,1H3. The molecule has 2 aromatic carbocycles. The average molecular weight is 339 g/mol. The van der Waals surface area contributed by atoms with Crippen molar-refractivity contribution in [2.45, 2.75) is 44.8 Å². The number of aliphatic hydroxyl groups is 1. The Bertz CT molecular complexity index is 637.